The average molecular weight is 260 g/mol. The van der Waals surface area contributed by atoms with Gasteiger partial charge in [0.05, 0.1) is 22.4 Å². The highest BCUT2D eigenvalue weighted by Crippen LogP contribution is 2.25. The lowest BCUT2D eigenvalue weighted by Gasteiger charge is -2.27. The number of aromatic nitrogens is 2. The highest BCUT2D eigenvalue weighted by molar-refractivity contribution is 7.80. The molecule has 0 bridgehead atoms. The first-order valence-electron chi connectivity index (χ1n) is 5.81. The Kier molecular flexibility index (Phi) is 3.72. The number of hydrogen-bond donors (Lipinski definition) is 1. The standard InChI is InChI=1S/C13H16N4S/c1-9(7-13(14)18)17(2)12-8-15-16-11-6-4-3-5-10(11)12/h3-6,8-9H,7H2,1-2H3,(H2,14,18). The van der Waals surface area contributed by atoms with Gasteiger partial charge in [-0.3, -0.25) is 0 Å². The summed E-state index contributed by atoms with van der Waals surface area (Å²) in [7, 11) is 2.02. The minimum absolute atomic E-state index is 0.232. The van der Waals surface area contributed by atoms with Crippen LogP contribution in [0.15, 0.2) is 30.5 Å². The molecular formula is C13H16N4S. The van der Waals surface area contributed by atoms with Gasteiger partial charge in [0.1, 0.15) is 0 Å². The van der Waals surface area contributed by atoms with Crippen LogP contribution in [-0.2, 0) is 0 Å². The Morgan fingerprint density at radius 3 is 2.89 bits per heavy atom. The van der Waals surface area contributed by atoms with E-state index in [4.69, 9.17) is 18.0 Å². The fourth-order valence-corrected chi connectivity index (χ4v) is 2.18. The summed E-state index contributed by atoms with van der Waals surface area (Å²) in [6.45, 7) is 2.09. The molecule has 0 amide bonds. The summed E-state index contributed by atoms with van der Waals surface area (Å²) in [5, 5.41) is 9.24. The number of nitrogens with two attached hydrogens (primary N) is 1. The molecule has 0 aliphatic heterocycles. The molecule has 1 heterocycles. The van der Waals surface area contributed by atoms with E-state index in [1.54, 1.807) is 6.20 Å². The van der Waals surface area contributed by atoms with Crippen molar-refractivity contribution in [3.63, 3.8) is 0 Å². The van der Waals surface area contributed by atoms with Crippen molar-refractivity contribution in [1.82, 2.24) is 10.2 Å². The van der Waals surface area contributed by atoms with Crippen molar-refractivity contribution in [1.29, 1.82) is 0 Å². The zero-order valence-electron chi connectivity index (χ0n) is 10.5. The van der Waals surface area contributed by atoms with Crippen LogP contribution in [0.1, 0.15) is 13.3 Å². The molecule has 5 heteroatoms. The Bertz CT molecular complexity index is 564. The second-order valence-electron chi connectivity index (χ2n) is 4.38. The van der Waals surface area contributed by atoms with E-state index in [2.05, 4.69) is 22.0 Å². The maximum absolute atomic E-state index is 5.60. The number of rotatable bonds is 4. The van der Waals surface area contributed by atoms with Gasteiger partial charge >= 0.3 is 0 Å². The minimum Gasteiger partial charge on any atom is -0.393 e. The second kappa shape index (κ2) is 5.27. The number of nitrogens with zero attached hydrogens (tertiary/aromatic N) is 3. The van der Waals surface area contributed by atoms with Crippen LogP contribution in [0.2, 0.25) is 0 Å². The van der Waals surface area contributed by atoms with Crippen molar-refractivity contribution < 1.29 is 0 Å². The molecule has 4 nitrogen and oxygen atoms in total. The minimum atomic E-state index is 0.232. The lowest BCUT2D eigenvalue weighted by molar-refractivity contribution is 0.714. The highest BCUT2D eigenvalue weighted by atomic mass is 32.1. The van der Waals surface area contributed by atoms with Crippen molar-refractivity contribution in [3.05, 3.63) is 30.5 Å². The van der Waals surface area contributed by atoms with Gasteiger partial charge in [0.15, 0.2) is 0 Å². The first-order valence-corrected chi connectivity index (χ1v) is 6.22. The molecule has 0 aliphatic rings. The van der Waals surface area contributed by atoms with Crippen LogP contribution >= 0.6 is 12.2 Å². The van der Waals surface area contributed by atoms with Gasteiger partial charge in [-0.05, 0) is 13.0 Å². The number of anilines is 1. The topological polar surface area (TPSA) is 55.0 Å². The van der Waals surface area contributed by atoms with Gasteiger partial charge in [0.25, 0.3) is 0 Å². The Morgan fingerprint density at radius 2 is 2.17 bits per heavy atom. The molecule has 1 aromatic carbocycles. The van der Waals surface area contributed by atoms with Crippen LogP contribution in [0.5, 0.6) is 0 Å². The van der Waals surface area contributed by atoms with Gasteiger partial charge in [-0.25, -0.2) is 0 Å². The summed E-state index contributed by atoms with van der Waals surface area (Å²) >= 11 is 4.96. The fourth-order valence-electron chi connectivity index (χ4n) is 1.94. The molecule has 1 aromatic heterocycles. The Hall–Kier alpha value is -1.75. The fraction of sp³-hybridized carbons (Fsp3) is 0.308. The first kappa shape index (κ1) is 12.7. The third kappa shape index (κ3) is 2.56. The second-order valence-corrected chi connectivity index (χ2v) is 4.90. The van der Waals surface area contributed by atoms with Gasteiger partial charge in [0, 0.05) is 24.9 Å². The molecule has 1 atom stereocenters. The van der Waals surface area contributed by atoms with Crippen molar-refractivity contribution in [2.45, 2.75) is 19.4 Å². The zero-order valence-corrected chi connectivity index (χ0v) is 11.3. The molecule has 0 saturated heterocycles. The quantitative estimate of drug-likeness (QED) is 0.853. The molecule has 0 spiro atoms. The number of fused-ring (bicyclic) bond motifs is 1. The van der Waals surface area contributed by atoms with E-state index in [0.717, 1.165) is 16.6 Å². The number of hydrogen-bond acceptors (Lipinski definition) is 4. The normalized spacial score (nSPS) is 12.3. The van der Waals surface area contributed by atoms with E-state index in [1.807, 2.05) is 31.3 Å². The van der Waals surface area contributed by atoms with Crippen molar-refractivity contribution >= 4 is 33.8 Å². The van der Waals surface area contributed by atoms with Crippen LogP contribution < -0.4 is 10.6 Å². The monoisotopic (exact) mass is 260 g/mol. The van der Waals surface area contributed by atoms with Crippen LogP contribution in [0, 0.1) is 0 Å². The Morgan fingerprint density at radius 1 is 1.44 bits per heavy atom. The molecule has 0 aliphatic carbocycles. The number of thiocarbonyl (C=S) groups is 1. The molecule has 0 saturated carbocycles. The molecule has 0 radical (unpaired) electrons. The first-order chi connectivity index (χ1) is 8.59. The molecule has 2 rings (SSSR count). The largest absolute Gasteiger partial charge is 0.393 e. The van der Waals surface area contributed by atoms with E-state index in [-0.39, 0.29) is 6.04 Å². The molecule has 2 N–H and O–H groups in total. The lowest BCUT2D eigenvalue weighted by atomic mass is 10.1. The van der Waals surface area contributed by atoms with Gasteiger partial charge in [0.2, 0.25) is 0 Å². The van der Waals surface area contributed by atoms with Crippen LogP contribution in [0.3, 0.4) is 0 Å². The molecule has 0 fully saturated rings. The molecular weight excluding hydrogens is 244 g/mol. The lowest BCUT2D eigenvalue weighted by Crippen LogP contribution is -2.32. The van der Waals surface area contributed by atoms with Crippen molar-refractivity contribution in [2.24, 2.45) is 5.73 Å². The maximum Gasteiger partial charge on any atom is 0.0950 e. The Labute approximate surface area is 112 Å². The maximum atomic E-state index is 5.60. The SMILES string of the molecule is CC(CC(N)=S)N(C)c1cnnc2ccccc12. The Balaban J connectivity index is 2.38. The van der Waals surface area contributed by atoms with Crippen molar-refractivity contribution in [2.75, 3.05) is 11.9 Å². The van der Waals surface area contributed by atoms with Crippen molar-refractivity contribution in [3.8, 4) is 0 Å². The van der Waals surface area contributed by atoms with Gasteiger partial charge in [-0.2, -0.15) is 10.2 Å². The molecule has 18 heavy (non-hydrogen) atoms. The van der Waals surface area contributed by atoms with E-state index in [0.29, 0.717) is 11.4 Å². The third-order valence-electron chi connectivity index (χ3n) is 3.06. The average Bonchev–Trinajstić information content (AvgIpc) is 2.36. The smallest absolute Gasteiger partial charge is 0.0950 e. The van der Waals surface area contributed by atoms with E-state index >= 15 is 0 Å². The zero-order chi connectivity index (χ0) is 13.1. The third-order valence-corrected chi connectivity index (χ3v) is 3.23. The summed E-state index contributed by atoms with van der Waals surface area (Å²) in [4.78, 5) is 2.66. The van der Waals surface area contributed by atoms with Crippen LogP contribution in [-0.4, -0.2) is 28.3 Å². The summed E-state index contributed by atoms with van der Waals surface area (Å²) in [6, 6.07) is 8.19. The van der Waals surface area contributed by atoms with E-state index in [1.165, 1.54) is 0 Å². The predicted molar refractivity (Wildman–Crippen MR) is 78.8 cm³/mol. The van der Waals surface area contributed by atoms with E-state index in [9.17, 15) is 0 Å². The summed E-state index contributed by atoms with van der Waals surface area (Å²) in [5.74, 6) is 0. The van der Waals surface area contributed by atoms with Gasteiger partial charge in [-0.1, -0.05) is 30.4 Å². The summed E-state index contributed by atoms with van der Waals surface area (Å²) in [6.07, 6.45) is 2.46. The predicted octanol–water partition coefficient (Wildman–Crippen LogP) is 2.13. The summed E-state index contributed by atoms with van der Waals surface area (Å²) in [5.41, 5.74) is 7.54. The number of benzene rings is 1. The highest BCUT2D eigenvalue weighted by Gasteiger charge is 2.14. The van der Waals surface area contributed by atoms with Gasteiger partial charge in [-0.15, -0.1) is 0 Å². The van der Waals surface area contributed by atoms with E-state index < -0.39 is 0 Å². The molecule has 1 unspecified atom stereocenters. The summed E-state index contributed by atoms with van der Waals surface area (Å²) < 4.78 is 0. The van der Waals surface area contributed by atoms with Gasteiger partial charge < -0.3 is 10.6 Å². The molecule has 94 valence electrons. The van der Waals surface area contributed by atoms with Crippen LogP contribution in [0.4, 0.5) is 5.69 Å². The van der Waals surface area contributed by atoms with Crippen LogP contribution in [0.25, 0.3) is 10.9 Å². The molecule has 2 aromatic rings.